The van der Waals surface area contributed by atoms with E-state index in [0.29, 0.717) is 12.1 Å². The summed E-state index contributed by atoms with van der Waals surface area (Å²) < 4.78 is 39.1. The number of alkyl halides is 3. The predicted octanol–water partition coefficient (Wildman–Crippen LogP) is 5.31. The molecule has 4 rings (SSSR count). The predicted molar refractivity (Wildman–Crippen MR) is 102 cm³/mol. The summed E-state index contributed by atoms with van der Waals surface area (Å²) in [4.78, 5) is 19.8. The number of hydrogen-bond donors (Lipinski definition) is 2. The summed E-state index contributed by atoms with van der Waals surface area (Å²) in [6.07, 6.45) is -2.45. The number of pyridine rings is 1. The van der Waals surface area contributed by atoms with E-state index >= 15 is 0 Å². The van der Waals surface area contributed by atoms with Gasteiger partial charge in [-0.15, -0.1) is 0 Å². The van der Waals surface area contributed by atoms with Crippen LogP contribution < -0.4 is 5.32 Å². The topological polar surface area (TPSA) is 57.8 Å². The van der Waals surface area contributed by atoms with Gasteiger partial charge in [-0.05, 0) is 30.7 Å². The van der Waals surface area contributed by atoms with Gasteiger partial charge in [0.25, 0.3) is 0 Å². The number of nitrogens with zero attached hydrogens (tertiary/aromatic N) is 1. The van der Waals surface area contributed by atoms with Gasteiger partial charge in [0.2, 0.25) is 5.91 Å². The van der Waals surface area contributed by atoms with Gasteiger partial charge in [0, 0.05) is 28.4 Å². The van der Waals surface area contributed by atoms with Crippen molar-refractivity contribution in [2.75, 3.05) is 5.32 Å². The Morgan fingerprint density at radius 2 is 1.75 bits per heavy atom. The zero-order valence-electron chi connectivity index (χ0n) is 14.7. The molecule has 2 aromatic heterocycles. The SMILES string of the molecule is O=C(CCc1cc2c(cn1)[nH]c1ccccc12)Nc1ccccc1C(F)(F)F. The lowest BCUT2D eigenvalue weighted by atomic mass is 10.1. The van der Waals surface area contributed by atoms with E-state index < -0.39 is 17.6 Å². The highest BCUT2D eigenvalue weighted by atomic mass is 19.4. The van der Waals surface area contributed by atoms with Gasteiger partial charge in [-0.2, -0.15) is 13.2 Å². The normalized spacial score (nSPS) is 11.8. The maximum atomic E-state index is 13.0. The second-order valence-electron chi connectivity index (χ2n) is 6.48. The maximum Gasteiger partial charge on any atom is 0.418 e. The standard InChI is InChI=1S/C21H16F3N3O/c22-21(23,24)16-6-2-4-8-18(16)27-20(28)10-9-13-11-15-14-5-1-3-7-17(14)26-19(15)12-25-13/h1-8,11-12,26H,9-10H2,(H,27,28). The van der Waals surface area contributed by atoms with E-state index in [0.717, 1.165) is 27.9 Å². The molecule has 0 aliphatic rings. The molecular formula is C21H16F3N3O. The van der Waals surface area contributed by atoms with Crippen molar-refractivity contribution in [3.8, 4) is 0 Å². The van der Waals surface area contributed by atoms with E-state index in [1.807, 2.05) is 30.3 Å². The van der Waals surface area contributed by atoms with Crippen LogP contribution in [0.5, 0.6) is 0 Å². The van der Waals surface area contributed by atoms with Gasteiger partial charge in [-0.25, -0.2) is 0 Å². The molecular weight excluding hydrogens is 367 g/mol. The van der Waals surface area contributed by atoms with Crippen molar-refractivity contribution >= 4 is 33.4 Å². The van der Waals surface area contributed by atoms with Gasteiger partial charge in [-0.3, -0.25) is 9.78 Å². The molecule has 0 bridgehead atoms. The minimum atomic E-state index is -4.52. The van der Waals surface area contributed by atoms with Crippen LogP contribution in [0.15, 0.2) is 60.8 Å². The number of fused-ring (bicyclic) bond motifs is 3. The van der Waals surface area contributed by atoms with Crippen LogP contribution in [0.1, 0.15) is 17.7 Å². The van der Waals surface area contributed by atoms with Crippen LogP contribution in [0.4, 0.5) is 18.9 Å². The van der Waals surface area contributed by atoms with Gasteiger partial charge < -0.3 is 10.3 Å². The van der Waals surface area contributed by atoms with Crippen molar-refractivity contribution in [1.82, 2.24) is 9.97 Å². The molecule has 0 unspecified atom stereocenters. The summed E-state index contributed by atoms with van der Waals surface area (Å²) in [7, 11) is 0. The zero-order valence-corrected chi connectivity index (χ0v) is 14.7. The van der Waals surface area contributed by atoms with Crippen molar-refractivity contribution in [2.24, 2.45) is 0 Å². The Morgan fingerprint density at radius 3 is 2.57 bits per heavy atom. The number of carbonyl (C=O) groups is 1. The van der Waals surface area contributed by atoms with Crippen LogP contribution in [0.2, 0.25) is 0 Å². The summed E-state index contributed by atoms with van der Waals surface area (Å²) in [6.45, 7) is 0. The van der Waals surface area contributed by atoms with Gasteiger partial charge in [-0.1, -0.05) is 30.3 Å². The number of carbonyl (C=O) groups excluding carboxylic acids is 1. The first-order valence-electron chi connectivity index (χ1n) is 8.73. The Labute approximate surface area is 158 Å². The second-order valence-corrected chi connectivity index (χ2v) is 6.48. The Balaban J connectivity index is 1.49. The highest BCUT2D eigenvalue weighted by Gasteiger charge is 2.33. The number of amides is 1. The lowest BCUT2D eigenvalue weighted by Gasteiger charge is -2.13. The summed E-state index contributed by atoms with van der Waals surface area (Å²) >= 11 is 0. The number of hydrogen-bond acceptors (Lipinski definition) is 2. The highest BCUT2D eigenvalue weighted by Crippen LogP contribution is 2.34. The van der Waals surface area contributed by atoms with Crippen molar-refractivity contribution in [3.05, 3.63) is 72.1 Å². The minimum Gasteiger partial charge on any atom is -0.353 e. The van der Waals surface area contributed by atoms with E-state index in [9.17, 15) is 18.0 Å². The van der Waals surface area contributed by atoms with Crippen LogP contribution >= 0.6 is 0 Å². The number of nitrogens with one attached hydrogen (secondary N) is 2. The van der Waals surface area contributed by atoms with Crippen LogP contribution in [0.25, 0.3) is 21.8 Å². The summed E-state index contributed by atoms with van der Waals surface area (Å²) in [5.41, 5.74) is 1.50. The maximum absolute atomic E-state index is 13.0. The Bertz CT molecular complexity index is 1160. The first kappa shape index (κ1) is 18.0. The molecule has 0 fully saturated rings. The fourth-order valence-corrected chi connectivity index (χ4v) is 3.22. The Kier molecular flexibility index (Phi) is 4.50. The number of aromatic amines is 1. The molecule has 0 saturated heterocycles. The number of aromatic nitrogens is 2. The summed E-state index contributed by atoms with van der Waals surface area (Å²) in [6, 6.07) is 14.7. The van der Waals surface area contributed by atoms with Crippen LogP contribution in [0, 0.1) is 0 Å². The van der Waals surface area contributed by atoms with E-state index in [-0.39, 0.29) is 12.1 Å². The Morgan fingerprint density at radius 1 is 1.00 bits per heavy atom. The van der Waals surface area contributed by atoms with E-state index in [2.05, 4.69) is 15.3 Å². The number of aryl methyl sites for hydroxylation is 1. The van der Waals surface area contributed by atoms with Crippen LogP contribution in [-0.2, 0) is 17.4 Å². The molecule has 28 heavy (non-hydrogen) atoms. The number of H-pyrrole nitrogens is 1. The van der Waals surface area contributed by atoms with Gasteiger partial charge in [0.05, 0.1) is 23.0 Å². The first-order chi connectivity index (χ1) is 13.4. The first-order valence-corrected chi connectivity index (χ1v) is 8.73. The smallest absolute Gasteiger partial charge is 0.353 e. The third-order valence-electron chi connectivity index (χ3n) is 4.56. The zero-order chi connectivity index (χ0) is 19.7. The fourth-order valence-electron chi connectivity index (χ4n) is 3.22. The molecule has 142 valence electrons. The molecule has 0 saturated carbocycles. The minimum absolute atomic E-state index is 0.0348. The van der Waals surface area contributed by atoms with E-state index in [4.69, 9.17) is 0 Å². The van der Waals surface area contributed by atoms with Crippen molar-refractivity contribution in [2.45, 2.75) is 19.0 Å². The Hall–Kier alpha value is -3.35. The molecule has 2 aromatic carbocycles. The summed E-state index contributed by atoms with van der Waals surface area (Å²) in [5.74, 6) is -0.488. The van der Waals surface area contributed by atoms with E-state index in [1.165, 1.54) is 18.2 Å². The molecule has 4 nitrogen and oxygen atoms in total. The van der Waals surface area contributed by atoms with Crippen molar-refractivity contribution in [1.29, 1.82) is 0 Å². The number of benzene rings is 2. The molecule has 0 aliphatic heterocycles. The number of para-hydroxylation sites is 2. The molecule has 0 spiro atoms. The largest absolute Gasteiger partial charge is 0.418 e. The fraction of sp³-hybridized carbons (Fsp3) is 0.143. The van der Waals surface area contributed by atoms with E-state index in [1.54, 1.807) is 6.20 Å². The van der Waals surface area contributed by atoms with Crippen molar-refractivity contribution in [3.63, 3.8) is 0 Å². The van der Waals surface area contributed by atoms with Crippen LogP contribution in [0.3, 0.4) is 0 Å². The monoisotopic (exact) mass is 383 g/mol. The van der Waals surface area contributed by atoms with Gasteiger partial charge in [0.1, 0.15) is 0 Å². The van der Waals surface area contributed by atoms with Gasteiger partial charge >= 0.3 is 6.18 Å². The number of rotatable bonds is 4. The number of halogens is 3. The average molecular weight is 383 g/mol. The van der Waals surface area contributed by atoms with Crippen molar-refractivity contribution < 1.29 is 18.0 Å². The lowest BCUT2D eigenvalue weighted by Crippen LogP contribution is -2.17. The molecule has 0 radical (unpaired) electrons. The third kappa shape index (κ3) is 3.55. The molecule has 1 amide bonds. The highest BCUT2D eigenvalue weighted by molar-refractivity contribution is 6.07. The molecule has 2 heterocycles. The third-order valence-corrected chi connectivity index (χ3v) is 4.56. The molecule has 2 N–H and O–H groups in total. The molecule has 0 aliphatic carbocycles. The molecule has 7 heteroatoms. The second kappa shape index (κ2) is 6.99. The average Bonchev–Trinajstić information content (AvgIpc) is 3.04. The van der Waals surface area contributed by atoms with Crippen LogP contribution in [-0.4, -0.2) is 15.9 Å². The number of anilines is 1. The lowest BCUT2D eigenvalue weighted by molar-refractivity contribution is -0.137. The van der Waals surface area contributed by atoms with Gasteiger partial charge in [0.15, 0.2) is 0 Å². The molecule has 0 atom stereocenters. The quantitative estimate of drug-likeness (QED) is 0.502. The summed E-state index contributed by atoms with van der Waals surface area (Å²) in [5, 5.41) is 4.42. The molecule has 4 aromatic rings.